The molecule has 2 aromatic rings. The van der Waals surface area contributed by atoms with Gasteiger partial charge in [0.15, 0.2) is 11.8 Å². The van der Waals surface area contributed by atoms with Crippen molar-refractivity contribution in [3.8, 4) is 5.75 Å². The van der Waals surface area contributed by atoms with Crippen molar-refractivity contribution in [2.45, 2.75) is 51.3 Å². The molecule has 2 N–H and O–H groups in total. The summed E-state index contributed by atoms with van der Waals surface area (Å²) in [5.74, 6) is 3.85. The molecule has 3 heterocycles. The first kappa shape index (κ1) is 16.9. The second-order valence-corrected chi connectivity index (χ2v) is 6.85. The second-order valence-electron chi connectivity index (χ2n) is 6.85. The molecule has 138 valence electrons. The smallest absolute Gasteiger partial charge is 0.191 e. The summed E-state index contributed by atoms with van der Waals surface area (Å²) < 4.78 is 8.22. The van der Waals surface area contributed by atoms with Crippen molar-refractivity contribution in [1.29, 1.82) is 0 Å². The Morgan fingerprint density at radius 3 is 3.04 bits per heavy atom. The van der Waals surface area contributed by atoms with E-state index < -0.39 is 0 Å². The van der Waals surface area contributed by atoms with Gasteiger partial charge in [-0.05, 0) is 24.5 Å². The van der Waals surface area contributed by atoms with Crippen molar-refractivity contribution in [3.63, 3.8) is 0 Å². The van der Waals surface area contributed by atoms with Gasteiger partial charge in [-0.25, -0.2) is 0 Å². The maximum Gasteiger partial charge on any atom is 0.191 e. The van der Waals surface area contributed by atoms with Crippen LogP contribution in [0.4, 0.5) is 0 Å². The van der Waals surface area contributed by atoms with Crippen molar-refractivity contribution in [2.24, 2.45) is 4.99 Å². The fourth-order valence-corrected chi connectivity index (χ4v) is 3.64. The van der Waals surface area contributed by atoms with Gasteiger partial charge >= 0.3 is 0 Å². The van der Waals surface area contributed by atoms with Crippen molar-refractivity contribution >= 4 is 5.96 Å². The van der Waals surface area contributed by atoms with Gasteiger partial charge in [0, 0.05) is 26.4 Å². The van der Waals surface area contributed by atoms with Crippen LogP contribution in [0.3, 0.4) is 0 Å². The number of fused-ring (bicyclic) bond motifs is 2. The third kappa shape index (κ3) is 3.66. The second kappa shape index (κ2) is 7.76. The zero-order valence-electron chi connectivity index (χ0n) is 15.2. The molecule has 0 radical (unpaired) electrons. The van der Waals surface area contributed by atoms with Gasteiger partial charge in [0.2, 0.25) is 0 Å². The molecule has 26 heavy (non-hydrogen) atoms. The van der Waals surface area contributed by atoms with Gasteiger partial charge in [-0.15, -0.1) is 10.2 Å². The number of ether oxygens (including phenoxy) is 1. The molecule has 0 fully saturated rings. The number of nitrogens with zero attached hydrogens (tertiary/aromatic N) is 4. The maximum absolute atomic E-state index is 5.97. The van der Waals surface area contributed by atoms with Gasteiger partial charge in [0.25, 0.3) is 0 Å². The zero-order chi connectivity index (χ0) is 17.8. The van der Waals surface area contributed by atoms with Crippen LogP contribution in [0, 0.1) is 0 Å². The lowest BCUT2D eigenvalue weighted by molar-refractivity contribution is 0.235. The van der Waals surface area contributed by atoms with Gasteiger partial charge in [-0.1, -0.05) is 24.6 Å². The van der Waals surface area contributed by atoms with Crippen molar-refractivity contribution < 1.29 is 4.74 Å². The lowest BCUT2D eigenvalue weighted by Crippen LogP contribution is -2.42. The van der Waals surface area contributed by atoms with E-state index in [1.165, 1.54) is 24.8 Å². The summed E-state index contributed by atoms with van der Waals surface area (Å²) in [7, 11) is 1.78. The summed E-state index contributed by atoms with van der Waals surface area (Å²) in [6.07, 6.45) is 5.76. The van der Waals surface area contributed by atoms with Crippen LogP contribution in [0.1, 0.15) is 36.5 Å². The summed E-state index contributed by atoms with van der Waals surface area (Å²) in [6, 6.07) is 8.22. The van der Waals surface area contributed by atoms with E-state index in [9.17, 15) is 0 Å². The molecule has 0 saturated heterocycles. The molecule has 7 nitrogen and oxygen atoms in total. The Balaban J connectivity index is 1.29. The van der Waals surface area contributed by atoms with E-state index in [4.69, 9.17) is 4.74 Å². The number of hydrogen-bond acceptors (Lipinski definition) is 4. The monoisotopic (exact) mass is 354 g/mol. The van der Waals surface area contributed by atoms with Crippen molar-refractivity contribution in [1.82, 2.24) is 25.4 Å². The summed E-state index contributed by atoms with van der Waals surface area (Å²) in [5, 5.41) is 15.4. The Morgan fingerprint density at radius 1 is 1.23 bits per heavy atom. The van der Waals surface area contributed by atoms with Crippen LogP contribution in [-0.4, -0.2) is 40.4 Å². The van der Waals surface area contributed by atoms with Crippen molar-refractivity contribution in [3.05, 3.63) is 41.5 Å². The number of benzene rings is 1. The number of aromatic nitrogens is 3. The quantitative estimate of drug-likeness (QED) is 0.645. The van der Waals surface area contributed by atoms with E-state index >= 15 is 0 Å². The summed E-state index contributed by atoms with van der Waals surface area (Å²) in [4.78, 5) is 4.31. The highest BCUT2D eigenvalue weighted by molar-refractivity contribution is 5.79. The molecule has 0 bridgehead atoms. The SMILES string of the molecule is CN=C(NCc1nnc2n1CCCCC2)NCC1Cc2ccccc2O1. The molecule has 7 heteroatoms. The molecular weight excluding hydrogens is 328 g/mol. The topological polar surface area (TPSA) is 76.4 Å². The Kier molecular flexibility index (Phi) is 5.04. The third-order valence-corrected chi connectivity index (χ3v) is 5.03. The molecule has 0 spiro atoms. The van der Waals surface area contributed by atoms with Crippen LogP contribution < -0.4 is 15.4 Å². The summed E-state index contributed by atoms with van der Waals surface area (Å²) in [6.45, 7) is 2.35. The number of aryl methyl sites for hydroxylation is 1. The fourth-order valence-electron chi connectivity index (χ4n) is 3.64. The molecule has 2 aliphatic heterocycles. The van der Waals surface area contributed by atoms with E-state index in [1.807, 2.05) is 12.1 Å². The standard InChI is InChI=1S/C19H26N6O/c1-20-19(21-12-15-11-14-7-4-5-8-16(14)26-15)22-13-18-24-23-17-9-3-2-6-10-25(17)18/h4-5,7-8,15H,2-3,6,9-13H2,1H3,(H2,20,21,22). The zero-order valence-corrected chi connectivity index (χ0v) is 15.2. The molecule has 0 aliphatic carbocycles. The number of aliphatic imine (C=N–C) groups is 1. The van der Waals surface area contributed by atoms with E-state index in [0.29, 0.717) is 13.1 Å². The molecule has 1 unspecified atom stereocenters. The highest BCUT2D eigenvalue weighted by Gasteiger charge is 2.22. The van der Waals surface area contributed by atoms with Gasteiger partial charge in [-0.2, -0.15) is 0 Å². The Morgan fingerprint density at radius 2 is 2.15 bits per heavy atom. The average Bonchev–Trinajstić information content (AvgIpc) is 3.18. The number of guanidine groups is 1. The first-order valence-corrected chi connectivity index (χ1v) is 9.43. The lowest BCUT2D eigenvalue weighted by Gasteiger charge is -2.15. The van der Waals surface area contributed by atoms with E-state index in [-0.39, 0.29) is 6.10 Å². The minimum absolute atomic E-state index is 0.135. The van der Waals surface area contributed by atoms with Crippen LogP contribution in [0.15, 0.2) is 29.3 Å². The first-order chi connectivity index (χ1) is 12.8. The normalized spacial score (nSPS) is 19.3. The maximum atomic E-state index is 5.97. The first-order valence-electron chi connectivity index (χ1n) is 9.43. The molecule has 0 saturated carbocycles. The average molecular weight is 354 g/mol. The van der Waals surface area contributed by atoms with Crippen LogP contribution >= 0.6 is 0 Å². The molecule has 1 atom stereocenters. The molecular formula is C19H26N6O. The number of rotatable bonds is 4. The third-order valence-electron chi connectivity index (χ3n) is 5.03. The highest BCUT2D eigenvalue weighted by Crippen LogP contribution is 2.27. The Labute approximate surface area is 153 Å². The molecule has 2 aliphatic rings. The largest absolute Gasteiger partial charge is 0.488 e. The molecule has 4 rings (SSSR count). The molecule has 0 amide bonds. The van der Waals surface area contributed by atoms with Crippen LogP contribution in [0.25, 0.3) is 0 Å². The Bertz CT molecular complexity index is 759. The molecule has 1 aromatic heterocycles. The van der Waals surface area contributed by atoms with Crippen LogP contribution in [0.5, 0.6) is 5.75 Å². The molecule has 1 aromatic carbocycles. The van der Waals surface area contributed by atoms with Gasteiger partial charge in [0.05, 0.1) is 13.1 Å². The fraction of sp³-hybridized carbons (Fsp3) is 0.526. The predicted octanol–water partition coefficient (Wildman–Crippen LogP) is 1.67. The highest BCUT2D eigenvalue weighted by atomic mass is 16.5. The number of para-hydroxylation sites is 1. The van der Waals surface area contributed by atoms with Gasteiger partial charge < -0.3 is 19.9 Å². The van der Waals surface area contributed by atoms with Gasteiger partial charge in [0.1, 0.15) is 17.7 Å². The minimum Gasteiger partial charge on any atom is -0.488 e. The van der Waals surface area contributed by atoms with Crippen LogP contribution in [0.2, 0.25) is 0 Å². The Hall–Kier alpha value is -2.57. The van der Waals surface area contributed by atoms with Crippen LogP contribution in [-0.2, 0) is 25.9 Å². The minimum atomic E-state index is 0.135. The number of nitrogens with one attached hydrogen (secondary N) is 2. The lowest BCUT2D eigenvalue weighted by atomic mass is 10.1. The number of hydrogen-bond donors (Lipinski definition) is 2. The van der Waals surface area contributed by atoms with E-state index in [1.54, 1.807) is 7.05 Å². The van der Waals surface area contributed by atoms with Crippen molar-refractivity contribution in [2.75, 3.05) is 13.6 Å². The van der Waals surface area contributed by atoms with E-state index in [2.05, 4.69) is 42.5 Å². The van der Waals surface area contributed by atoms with Gasteiger partial charge in [-0.3, -0.25) is 4.99 Å². The predicted molar refractivity (Wildman–Crippen MR) is 100 cm³/mol. The van der Waals surface area contributed by atoms with E-state index in [0.717, 1.165) is 42.7 Å². The summed E-state index contributed by atoms with van der Waals surface area (Å²) in [5.41, 5.74) is 1.27. The summed E-state index contributed by atoms with van der Waals surface area (Å²) >= 11 is 0.